The van der Waals surface area contributed by atoms with Gasteiger partial charge in [0.2, 0.25) is 0 Å². The predicted molar refractivity (Wildman–Crippen MR) is 87.1 cm³/mol. The Hall–Kier alpha value is -1.85. The summed E-state index contributed by atoms with van der Waals surface area (Å²) in [5.41, 5.74) is 5.70. The largest absolute Gasteiger partial charge is 0.378 e. The molecule has 5 nitrogen and oxygen atoms in total. The minimum atomic E-state index is -1.49. The number of benzene rings is 1. The van der Waals surface area contributed by atoms with Gasteiger partial charge in [0.1, 0.15) is 5.82 Å². The number of hydrogen-bond donors (Lipinski definition) is 2. The van der Waals surface area contributed by atoms with E-state index in [1.165, 1.54) is 0 Å². The maximum absolute atomic E-state index is 11.5. The van der Waals surface area contributed by atoms with Gasteiger partial charge in [-0.3, -0.25) is 4.79 Å². The number of aryl methyl sites for hydroxylation is 1. The Morgan fingerprint density at radius 2 is 2.18 bits per heavy atom. The monoisotopic (exact) mass is 319 g/mol. The van der Waals surface area contributed by atoms with E-state index in [2.05, 4.69) is 4.98 Å². The topological polar surface area (TPSA) is 79.5 Å². The van der Waals surface area contributed by atoms with E-state index in [9.17, 15) is 9.90 Å². The number of amides is 1. The molecule has 0 bridgehead atoms. The van der Waals surface area contributed by atoms with Crippen LogP contribution in [0.2, 0.25) is 5.02 Å². The molecule has 0 radical (unpaired) electrons. The summed E-state index contributed by atoms with van der Waals surface area (Å²) < 4.78 is 0. The molecular weight excluding hydrogens is 302 g/mol. The molecule has 1 amide bonds. The highest BCUT2D eigenvalue weighted by Gasteiger charge is 2.39. The Balaban J connectivity index is 2.00. The predicted octanol–water partition coefficient (Wildman–Crippen LogP) is 2.01. The van der Waals surface area contributed by atoms with E-state index in [1.54, 1.807) is 0 Å². The molecule has 1 fully saturated rings. The lowest BCUT2D eigenvalue weighted by Gasteiger charge is -2.37. The molecular formula is C16H18ClN3O2. The van der Waals surface area contributed by atoms with Crippen LogP contribution in [0.25, 0.3) is 10.9 Å². The first-order valence-electron chi connectivity index (χ1n) is 7.24. The molecule has 3 rings (SSSR count). The van der Waals surface area contributed by atoms with Gasteiger partial charge in [-0.2, -0.15) is 0 Å². The highest BCUT2D eigenvalue weighted by molar-refractivity contribution is 6.35. The molecule has 22 heavy (non-hydrogen) atoms. The summed E-state index contributed by atoms with van der Waals surface area (Å²) >= 11 is 6.20. The van der Waals surface area contributed by atoms with Gasteiger partial charge < -0.3 is 15.7 Å². The molecule has 1 saturated heterocycles. The van der Waals surface area contributed by atoms with Gasteiger partial charge >= 0.3 is 0 Å². The number of primary amides is 1. The molecule has 0 saturated carbocycles. The molecule has 1 unspecified atom stereocenters. The molecule has 1 aliphatic rings. The van der Waals surface area contributed by atoms with Gasteiger partial charge in [-0.05, 0) is 43.5 Å². The Bertz CT molecular complexity index is 749. The van der Waals surface area contributed by atoms with Crippen molar-refractivity contribution in [3.63, 3.8) is 0 Å². The molecule has 0 spiro atoms. The summed E-state index contributed by atoms with van der Waals surface area (Å²) in [7, 11) is 0. The van der Waals surface area contributed by atoms with Crippen molar-refractivity contribution in [1.29, 1.82) is 0 Å². The van der Waals surface area contributed by atoms with Crippen LogP contribution in [0.1, 0.15) is 18.4 Å². The second-order valence-electron chi connectivity index (χ2n) is 5.85. The van der Waals surface area contributed by atoms with Gasteiger partial charge in [0.05, 0.1) is 12.1 Å². The first-order valence-corrected chi connectivity index (χ1v) is 7.62. The third-order valence-electron chi connectivity index (χ3n) is 4.24. The molecule has 1 aromatic heterocycles. The first kappa shape index (κ1) is 15.1. The number of aromatic nitrogens is 1. The third kappa shape index (κ3) is 2.51. The number of nitrogens with two attached hydrogens (primary N) is 1. The molecule has 0 aliphatic carbocycles. The molecule has 1 aliphatic heterocycles. The lowest BCUT2D eigenvalue weighted by Crippen LogP contribution is -2.56. The number of aliphatic hydroxyl groups is 1. The Labute approximate surface area is 133 Å². The standard InChI is InChI=1S/C16H18ClN3O2/c1-10-3-5-12(17)11-4-6-13(19-14(10)11)20-8-2-7-16(22,9-20)15(18)21/h3-6,22H,2,7-9H2,1H3,(H2,18,21). The fraction of sp³-hybridized carbons (Fsp3) is 0.375. The maximum atomic E-state index is 11.5. The second kappa shape index (κ2) is 5.41. The molecule has 3 N–H and O–H groups in total. The number of anilines is 1. The fourth-order valence-corrected chi connectivity index (χ4v) is 3.13. The third-order valence-corrected chi connectivity index (χ3v) is 4.57. The molecule has 6 heteroatoms. The van der Waals surface area contributed by atoms with E-state index < -0.39 is 11.5 Å². The maximum Gasteiger partial charge on any atom is 0.251 e. The van der Waals surface area contributed by atoms with Gasteiger partial charge in [-0.1, -0.05) is 17.7 Å². The Morgan fingerprint density at radius 3 is 2.91 bits per heavy atom. The number of piperidine rings is 1. The van der Waals surface area contributed by atoms with E-state index in [0.717, 1.165) is 28.8 Å². The van der Waals surface area contributed by atoms with Gasteiger partial charge in [0.15, 0.2) is 5.60 Å². The molecule has 2 heterocycles. The second-order valence-corrected chi connectivity index (χ2v) is 6.26. The van der Waals surface area contributed by atoms with Crippen molar-refractivity contribution in [2.45, 2.75) is 25.4 Å². The number of nitrogens with zero attached hydrogens (tertiary/aromatic N) is 2. The van der Waals surface area contributed by atoms with Crippen LogP contribution in [0.3, 0.4) is 0 Å². The molecule has 2 aromatic rings. The number of carbonyl (C=O) groups is 1. The van der Waals surface area contributed by atoms with Crippen LogP contribution in [0.15, 0.2) is 24.3 Å². The van der Waals surface area contributed by atoms with Gasteiger partial charge in [-0.15, -0.1) is 0 Å². The summed E-state index contributed by atoms with van der Waals surface area (Å²) in [5.74, 6) is 0.0365. The van der Waals surface area contributed by atoms with Crippen molar-refractivity contribution in [3.8, 4) is 0 Å². The van der Waals surface area contributed by atoms with E-state index in [0.29, 0.717) is 17.9 Å². The number of β-amino-alcohol motifs (C(OH)–C–C–N with tert-alkyl or cyclic N) is 1. The number of halogens is 1. The van der Waals surface area contributed by atoms with Crippen LogP contribution >= 0.6 is 11.6 Å². The van der Waals surface area contributed by atoms with Crippen LogP contribution in [0.4, 0.5) is 5.82 Å². The van der Waals surface area contributed by atoms with Gasteiger partial charge in [0, 0.05) is 17.0 Å². The normalized spacial score (nSPS) is 22.0. The lowest BCUT2D eigenvalue weighted by atomic mass is 9.92. The molecule has 116 valence electrons. The quantitative estimate of drug-likeness (QED) is 0.887. The van der Waals surface area contributed by atoms with Gasteiger partial charge in [0.25, 0.3) is 5.91 Å². The summed E-state index contributed by atoms with van der Waals surface area (Å²) in [6.45, 7) is 2.87. The molecule has 1 atom stereocenters. The van der Waals surface area contributed by atoms with E-state index in [4.69, 9.17) is 17.3 Å². The zero-order valence-corrected chi connectivity index (χ0v) is 13.1. The van der Waals surface area contributed by atoms with E-state index in [-0.39, 0.29) is 6.54 Å². The zero-order valence-electron chi connectivity index (χ0n) is 12.3. The van der Waals surface area contributed by atoms with Crippen molar-refractivity contribution in [2.24, 2.45) is 5.73 Å². The smallest absolute Gasteiger partial charge is 0.251 e. The van der Waals surface area contributed by atoms with Crippen molar-refractivity contribution < 1.29 is 9.90 Å². The van der Waals surface area contributed by atoms with Crippen LogP contribution in [0.5, 0.6) is 0 Å². The van der Waals surface area contributed by atoms with E-state index in [1.807, 2.05) is 36.1 Å². The van der Waals surface area contributed by atoms with Crippen molar-refractivity contribution >= 4 is 34.2 Å². The van der Waals surface area contributed by atoms with Crippen molar-refractivity contribution in [2.75, 3.05) is 18.0 Å². The van der Waals surface area contributed by atoms with Gasteiger partial charge in [-0.25, -0.2) is 4.98 Å². The Morgan fingerprint density at radius 1 is 1.41 bits per heavy atom. The molecule has 1 aromatic carbocycles. The fourth-order valence-electron chi connectivity index (χ4n) is 2.92. The minimum absolute atomic E-state index is 0.167. The SMILES string of the molecule is Cc1ccc(Cl)c2ccc(N3CCCC(O)(C(N)=O)C3)nc12. The van der Waals surface area contributed by atoms with Crippen LogP contribution in [0, 0.1) is 6.92 Å². The highest BCUT2D eigenvalue weighted by Crippen LogP contribution is 2.30. The van der Waals surface area contributed by atoms with Crippen molar-refractivity contribution in [3.05, 3.63) is 34.9 Å². The Kier molecular flexibility index (Phi) is 3.70. The number of rotatable bonds is 2. The highest BCUT2D eigenvalue weighted by atomic mass is 35.5. The van der Waals surface area contributed by atoms with Crippen molar-refractivity contribution in [1.82, 2.24) is 4.98 Å². The average Bonchev–Trinajstić information content (AvgIpc) is 2.51. The zero-order chi connectivity index (χ0) is 15.9. The summed E-state index contributed by atoms with van der Waals surface area (Å²) in [4.78, 5) is 18.0. The number of hydrogen-bond acceptors (Lipinski definition) is 4. The van der Waals surface area contributed by atoms with Crippen LogP contribution < -0.4 is 10.6 Å². The van der Waals surface area contributed by atoms with Crippen LogP contribution in [-0.2, 0) is 4.79 Å². The summed E-state index contributed by atoms with van der Waals surface area (Å²) in [6, 6.07) is 7.57. The average molecular weight is 320 g/mol. The number of fused-ring (bicyclic) bond motifs is 1. The minimum Gasteiger partial charge on any atom is -0.378 e. The number of pyridine rings is 1. The lowest BCUT2D eigenvalue weighted by molar-refractivity contribution is -0.137. The first-order chi connectivity index (χ1) is 10.4. The summed E-state index contributed by atoms with van der Waals surface area (Å²) in [5, 5.41) is 11.9. The number of carbonyl (C=O) groups excluding carboxylic acids is 1. The van der Waals surface area contributed by atoms with E-state index >= 15 is 0 Å². The van der Waals surface area contributed by atoms with Crippen LogP contribution in [-0.4, -0.2) is 34.7 Å². The summed E-state index contributed by atoms with van der Waals surface area (Å²) in [6.07, 6.45) is 1.07.